The van der Waals surface area contributed by atoms with Gasteiger partial charge in [0, 0.05) is 37.1 Å². The second kappa shape index (κ2) is 9.14. The zero-order chi connectivity index (χ0) is 20.9. The number of nitrogens with one attached hydrogen (secondary N) is 1. The minimum atomic E-state index is -0.0980. The zero-order valence-electron chi connectivity index (χ0n) is 17.6. The summed E-state index contributed by atoms with van der Waals surface area (Å²) in [7, 11) is 1.79. The Morgan fingerprint density at radius 1 is 0.867 bits per heavy atom. The number of amides is 1. The van der Waals surface area contributed by atoms with Crippen LogP contribution in [0.2, 0.25) is 0 Å². The predicted octanol–water partition coefficient (Wildman–Crippen LogP) is 5.53. The highest BCUT2D eigenvalue weighted by Crippen LogP contribution is 2.24. The normalized spacial score (nSPS) is 14.5. The predicted molar refractivity (Wildman–Crippen MR) is 123 cm³/mol. The number of anilines is 2. The summed E-state index contributed by atoms with van der Waals surface area (Å²) in [5.41, 5.74) is 6.13. The van der Waals surface area contributed by atoms with Crippen molar-refractivity contribution in [2.45, 2.75) is 25.9 Å². The Morgan fingerprint density at radius 3 is 2.00 bits per heavy atom. The zero-order valence-corrected chi connectivity index (χ0v) is 17.6. The van der Waals surface area contributed by atoms with E-state index in [0.29, 0.717) is 11.7 Å². The van der Waals surface area contributed by atoms with Gasteiger partial charge in [0.1, 0.15) is 0 Å². The maximum Gasteiger partial charge on any atom is 0.255 e. The fourth-order valence-electron chi connectivity index (χ4n) is 3.87. The molecule has 0 aliphatic carbocycles. The molecule has 0 bridgehead atoms. The number of rotatable bonds is 5. The van der Waals surface area contributed by atoms with Gasteiger partial charge >= 0.3 is 0 Å². The molecule has 3 aromatic rings. The molecule has 1 aliphatic heterocycles. The lowest BCUT2D eigenvalue weighted by atomic mass is 10.0. The number of benzene rings is 3. The highest BCUT2D eigenvalue weighted by molar-refractivity contribution is 6.04. The molecule has 0 saturated carbocycles. The Hall–Kier alpha value is -3.11. The molecule has 0 aromatic heterocycles. The quantitative estimate of drug-likeness (QED) is 0.612. The first-order chi connectivity index (χ1) is 14.6. The van der Waals surface area contributed by atoms with Crippen molar-refractivity contribution < 1.29 is 9.53 Å². The van der Waals surface area contributed by atoms with Crippen LogP contribution >= 0.6 is 0 Å². The highest BCUT2D eigenvalue weighted by atomic mass is 16.5. The summed E-state index contributed by atoms with van der Waals surface area (Å²) < 4.78 is 5.44. The fourth-order valence-corrected chi connectivity index (χ4v) is 3.87. The second-order valence-electron chi connectivity index (χ2n) is 7.87. The average molecular weight is 401 g/mol. The van der Waals surface area contributed by atoms with Gasteiger partial charge in [-0.3, -0.25) is 4.79 Å². The van der Waals surface area contributed by atoms with Gasteiger partial charge < -0.3 is 15.0 Å². The average Bonchev–Trinajstić information content (AvgIpc) is 2.80. The number of hydrogen-bond donors (Lipinski definition) is 1. The summed E-state index contributed by atoms with van der Waals surface area (Å²) in [4.78, 5) is 15.0. The van der Waals surface area contributed by atoms with Crippen molar-refractivity contribution in [2.24, 2.45) is 0 Å². The third kappa shape index (κ3) is 4.71. The van der Waals surface area contributed by atoms with Crippen molar-refractivity contribution in [1.82, 2.24) is 0 Å². The molecule has 1 heterocycles. The summed E-state index contributed by atoms with van der Waals surface area (Å²) >= 11 is 0. The maximum absolute atomic E-state index is 12.6. The Labute approximate surface area is 178 Å². The number of carbonyl (C=O) groups excluding carboxylic acids is 1. The first-order valence-electron chi connectivity index (χ1n) is 10.5. The number of hydrogen-bond acceptors (Lipinski definition) is 3. The molecule has 0 radical (unpaired) electrons. The molecular weight excluding hydrogens is 372 g/mol. The molecule has 0 spiro atoms. The molecule has 0 atom stereocenters. The number of carbonyl (C=O) groups is 1. The van der Waals surface area contributed by atoms with Crippen LogP contribution in [0, 0.1) is 6.92 Å². The largest absolute Gasteiger partial charge is 0.381 e. The van der Waals surface area contributed by atoms with Gasteiger partial charge in [0.05, 0.1) is 6.10 Å². The van der Waals surface area contributed by atoms with Gasteiger partial charge in [-0.2, -0.15) is 0 Å². The van der Waals surface area contributed by atoms with Crippen LogP contribution in [0.3, 0.4) is 0 Å². The summed E-state index contributed by atoms with van der Waals surface area (Å²) in [6, 6.07) is 24.2. The van der Waals surface area contributed by atoms with Crippen LogP contribution in [0.4, 0.5) is 11.4 Å². The molecule has 1 saturated heterocycles. The van der Waals surface area contributed by atoms with Crippen LogP contribution in [0.5, 0.6) is 0 Å². The molecule has 1 amide bonds. The molecule has 1 N–H and O–H groups in total. The molecule has 4 heteroatoms. The minimum absolute atomic E-state index is 0.0980. The number of methoxy groups -OCH3 is 1. The Balaban J connectivity index is 1.37. The molecule has 1 aliphatic rings. The molecule has 4 nitrogen and oxygen atoms in total. The van der Waals surface area contributed by atoms with E-state index in [1.807, 2.05) is 36.4 Å². The number of aryl methyl sites for hydroxylation is 1. The molecule has 154 valence electrons. The summed E-state index contributed by atoms with van der Waals surface area (Å²) in [6.07, 6.45) is 2.47. The number of piperidine rings is 1. The molecule has 0 unspecified atom stereocenters. The van der Waals surface area contributed by atoms with E-state index in [0.717, 1.165) is 42.7 Å². The van der Waals surface area contributed by atoms with E-state index >= 15 is 0 Å². The highest BCUT2D eigenvalue weighted by Gasteiger charge is 2.18. The van der Waals surface area contributed by atoms with E-state index in [1.54, 1.807) is 7.11 Å². The summed E-state index contributed by atoms with van der Waals surface area (Å²) in [5, 5.41) is 2.99. The van der Waals surface area contributed by atoms with Gasteiger partial charge in [0.25, 0.3) is 5.91 Å². The standard InChI is InChI=1S/C26H28N2O2/c1-19-3-5-20(6-4-19)21-7-9-22(10-8-21)26(29)27-23-11-13-24(14-12-23)28-17-15-25(30-2)16-18-28/h3-14,25H,15-18H2,1-2H3,(H,27,29). The van der Waals surface area contributed by atoms with Gasteiger partial charge in [-0.15, -0.1) is 0 Å². The third-order valence-corrected chi connectivity index (χ3v) is 5.80. The maximum atomic E-state index is 12.6. The van der Waals surface area contributed by atoms with Crippen molar-refractivity contribution in [3.8, 4) is 11.1 Å². The summed E-state index contributed by atoms with van der Waals surface area (Å²) in [5.74, 6) is -0.0980. The van der Waals surface area contributed by atoms with Crippen LogP contribution in [0.15, 0.2) is 72.8 Å². The fraction of sp³-hybridized carbons (Fsp3) is 0.269. The molecular formula is C26H28N2O2. The van der Waals surface area contributed by atoms with Crippen LogP contribution < -0.4 is 10.2 Å². The Bertz CT molecular complexity index is 971. The van der Waals surface area contributed by atoms with Gasteiger partial charge in [-0.25, -0.2) is 0 Å². The Kier molecular flexibility index (Phi) is 6.15. The lowest BCUT2D eigenvalue weighted by Crippen LogP contribution is -2.36. The van der Waals surface area contributed by atoms with Gasteiger partial charge in [0.15, 0.2) is 0 Å². The SMILES string of the molecule is COC1CCN(c2ccc(NC(=O)c3ccc(-c4ccc(C)cc4)cc3)cc2)CC1. The van der Waals surface area contributed by atoms with Crippen molar-refractivity contribution in [3.05, 3.63) is 83.9 Å². The summed E-state index contributed by atoms with van der Waals surface area (Å²) in [6.45, 7) is 4.07. The van der Waals surface area contributed by atoms with E-state index < -0.39 is 0 Å². The third-order valence-electron chi connectivity index (χ3n) is 5.80. The number of nitrogens with zero attached hydrogens (tertiary/aromatic N) is 1. The van der Waals surface area contributed by atoms with Gasteiger partial charge in [-0.1, -0.05) is 42.0 Å². The van der Waals surface area contributed by atoms with Gasteiger partial charge in [-0.05, 0) is 67.3 Å². The van der Waals surface area contributed by atoms with E-state index in [2.05, 4.69) is 53.5 Å². The second-order valence-corrected chi connectivity index (χ2v) is 7.87. The van der Waals surface area contributed by atoms with E-state index in [4.69, 9.17) is 4.74 Å². The Morgan fingerprint density at radius 2 is 1.43 bits per heavy atom. The van der Waals surface area contributed by atoms with E-state index in [-0.39, 0.29) is 5.91 Å². The van der Waals surface area contributed by atoms with Crippen LogP contribution in [0.1, 0.15) is 28.8 Å². The smallest absolute Gasteiger partial charge is 0.255 e. The van der Waals surface area contributed by atoms with Gasteiger partial charge in [0.2, 0.25) is 0 Å². The van der Waals surface area contributed by atoms with E-state index in [1.165, 1.54) is 11.3 Å². The lowest BCUT2D eigenvalue weighted by molar-refractivity contribution is 0.0819. The molecule has 1 fully saturated rings. The minimum Gasteiger partial charge on any atom is -0.381 e. The number of ether oxygens (including phenoxy) is 1. The molecule has 3 aromatic carbocycles. The van der Waals surface area contributed by atoms with Crippen molar-refractivity contribution >= 4 is 17.3 Å². The topological polar surface area (TPSA) is 41.6 Å². The van der Waals surface area contributed by atoms with Crippen molar-refractivity contribution in [3.63, 3.8) is 0 Å². The van der Waals surface area contributed by atoms with Crippen LogP contribution in [-0.2, 0) is 4.74 Å². The van der Waals surface area contributed by atoms with Crippen LogP contribution in [-0.4, -0.2) is 32.2 Å². The van der Waals surface area contributed by atoms with Crippen molar-refractivity contribution in [1.29, 1.82) is 0 Å². The molecule has 4 rings (SSSR count). The molecule has 30 heavy (non-hydrogen) atoms. The monoisotopic (exact) mass is 400 g/mol. The van der Waals surface area contributed by atoms with Crippen molar-refractivity contribution in [2.75, 3.05) is 30.4 Å². The first kappa shape index (κ1) is 20.2. The first-order valence-corrected chi connectivity index (χ1v) is 10.5. The van der Waals surface area contributed by atoms with E-state index in [9.17, 15) is 4.79 Å². The lowest BCUT2D eigenvalue weighted by Gasteiger charge is -2.33. The van der Waals surface area contributed by atoms with Crippen LogP contribution in [0.25, 0.3) is 11.1 Å².